The molecule has 0 radical (unpaired) electrons. The number of halogens is 1. The molecular weight excluding hydrogens is 228 g/mol. The van der Waals surface area contributed by atoms with E-state index in [0.717, 1.165) is 10.8 Å². The largest absolute Gasteiger partial charge is 0.287 e. The van der Waals surface area contributed by atoms with Crippen molar-refractivity contribution < 1.29 is 4.79 Å². The maximum absolute atomic E-state index is 11.4. The zero-order valence-electron chi connectivity index (χ0n) is 9.00. The molecule has 1 nitrogen and oxygen atoms in total. The highest BCUT2D eigenvalue weighted by Gasteiger charge is 2.10. The number of hydrogen-bond acceptors (Lipinski definition) is 2. The van der Waals surface area contributed by atoms with Gasteiger partial charge in [0, 0.05) is 11.4 Å². The summed E-state index contributed by atoms with van der Waals surface area (Å²) >= 11 is 7.19. The number of carbonyl (C=O) groups excluding carboxylic acids is 1. The lowest BCUT2D eigenvalue weighted by molar-refractivity contribution is -0.111. The molecule has 0 amide bonds. The van der Waals surface area contributed by atoms with E-state index in [9.17, 15) is 4.79 Å². The summed E-state index contributed by atoms with van der Waals surface area (Å²) in [5, 5.41) is 1.00. The second kappa shape index (κ2) is 6.19. The zero-order valence-corrected chi connectivity index (χ0v) is 10.6. The Hall–Kier alpha value is -0.470. The number of carbonyl (C=O) groups is 1. The lowest BCUT2D eigenvalue weighted by Gasteiger charge is -2.10. The third kappa shape index (κ3) is 4.27. The molecule has 1 rings (SSSR count). The molecule has 3 heteroatoms. The SMILES string of the molecule is CCSC(=O)CC(C)c1ccc(Cl)cc1. The third-order valence-electron chi connectivity index (χ3n) is 2.22. The van der Waals surface area contributed by atoms with Gasteiger partial charge in [0.25, 0.3) is 0 Å². The van der Waals surface area contributed by atoms with Gasteiger partial charge in [-0.25, -0.2) is 0 Å². The Bertz CT molecular complexity index is 321. The fourth-order valence-electron chi connectivity index (χ4n) is 1.38. The molecule has 0 aromatic heterocycles. The fraction of sp³-hybridized carbons (Fsp3) is 0.417. The first-order chi connectivity index (χ1) is 7.13. The highest BCUT2D eigenvalue weighted by molar-refractivity contribution is 8.13. The second-order valence-electron chi connectivity index (χ2n) is 3.46. The Morgan fingerprint density at radius 3 is 2.53 bits per heavy atom. The van der Waals surface area contributed by atoms with Crippen molar-refractivity contribution >= 4 is 28.5 Å². The molecule has 0 spiro atoms. The van der Waals surface area contributed by atoms with Crippen molar-refractivity contribution in [3.8, 4) is 0 Å². The van der Waals surface area contributed by atoms with Crippen LogP contribution in [0.1, 0.15) is 31.7 Å². The topological polar surface area (TPSA) is 17.1 Å². The van der Waals surface area contributed by atoms with Crippen LogP contribution in [-0.4, -0.2) is 10.9 Å². The Kier molecular flexibility index (Phi) is 5.20. The van der Waals surface area contributed by atoms with Crippen LogP contribution in [0.3, 0.4) is 0 Å². The third-order valence-corrected chi connectivity index (χ3v) is 3.25. The van der Waals surface area contributed by atoms with E-state index in [0.29, 0.717) is 6.42 Å². The van der Waals surface area contributed by atoms with E-state index in [2.05, 4.69) is 6.92 Å². The van der Waals surface area contributed by atoms with Crippen molar-refractivity contribution in [1.82, 2.24) is 0 Å². The Labute approximate surface area is 100 Å². The van der Waals surface area contributed by atoms with Crippen molar-refractivity contribution in [2.45, 2.75) is 26.2 Å². The van der Waals surface area contributed by atoms with Gasteiger partial charge in [-0.3, -0.25) is 4.79 Å². The number of rotatable bonds is 4. The monoisotopic (exact) mass is 242 g/mol. The van der Waals surface area contributed by atoms with Crippen LogP contribution >= 0.6 is 23.4 Å². The smallest absolute Gasteiger partial charge is 0.189 e. The van der Waals surface area contributed by atoms with Gasteiger partial charge < -0.3 is 0 Å². The molecule has 1 aromatic carbocycles. The minimum Gasteiger partial charge on any atom is -0.287 e. The van der Waals surface area contributed by atoms with E-state index in [-0.39, 0.29) is 11.0 Å². The average molecular weight is 243 g/mol. The van der Waals surface area contributed by atoms with Crippen LogP contribution in [-0.2, 0) is 4.79 Å². The molecule has 0 N–H and O–H groups in total. The number of benzene rings is 1. The maximum atomic E-state index is 11.4. The van der Waals surface area contributed by atoms with Crippen LogP contribution in [0.25, 0.3) is 0 Å². The van der Waals surface area contributed by atoms with E-state index in [1.807, 2.05) is 31.2 Å². The molecule has 0 aliphatic carbocycles. The van der Waals surface area contributed by atoms with Crippen LogP contribution in [0.2, 0.25) is 5.02 Å². The Morgan fingerprint density at radius 1 is 1.40 bits per heavy atom. The van der Waals surface area contributed by atoms with E-state index in [1.54, 1.807) is 0 Å². The van der Waals surface area contributed by atoms with Gasteiger partial charge in [-0.15, -0.1) is 0 Å². The molecular formula is C12H15ClOS. The van der Waals surface area contributed by atoms with Gasteiger partial charge in [-0.1, -0.05) is 49.3 Å². The van der Waals surface area contributed by atoms with Crippen LogP contribution in [0.5, 0.6) is 0 Å². The van der Waals surface area contributed by atoms with Gasteiger partial charge in [-0.2, -0.15) is 0 Å². The second-order valence-corrected chi connectivity index (χ2v) is 5.22. The summed E-state index contributed by atoms with van der Waals surface area (Å²) in [6, 6.07) is 7.70. The van der Waals surface area contributed by atoms with Crippen molar-refractivity contribution in [3.63, 3.8) is 0 Å². The summed E-state index contributed by atoms with van der Waals surface area (Å²) in [6.45, 7) is 4.06. The van der Waals surface area contributed by atoms with Gasteiger partial charge in [0.1, 0.15) is 0 Å². The van der Waals surface area contributed by atoms with E-state index in [4.69, 9.17) is 11.6 Å². The molecule has 1 unspecified atom stereocenters. The molecule has 0 heterocycles. The minimum absolute atomic E-state index is 0.264. The van der Waals surface area contributed by atoms with Crippen molar-refractivity contribution in [2.75, 3.05) is 5.75 Å². The van der Waals surface area contributed by atoms with Crippen molar-refractivity contribution in [3.05, 3.63) is 34.9 Å². The summed E-state index contributed by atoms with van der Waals surface area (Å²) in [7, 11) is 0. The lowest BCUT2D eigenvalue weighted by atomic mass is 9.99. The molecule has 0 saturated heterocycles. The highest BCUT2D eigenvalue weighted by Crippen LogP contribution is 2.23. The van der Waals surface area contributed by atoms with Gasteiger partial charge in [0.15, 0.2) is 5.12 Å². The maximum Gasteiger partial charge on any atom is 0.189 e. The lowest BCUT2D eigenvalue weighted by Crippen LogP contribution is -2.01. The number of hydrogen-bond donors (Lipinski definition) is 0. The molecule has 0 aliphatic rings. The van der Waals surface area contributed by atoms with Gasteiger partial charge >= 0.3 is 0 Å². The molecule has 1 atom stereocenters. The molecule has 1 aromatic rings. The van der Waals surface area contributed by atoms with Crippen LogP contribution < -0.4 is 0 Å². The van der Waals surface area contributed by atoms with Crippen LogP contribution in [0, 0.1) is 0 Å². The Balaban J connectivity index is 2.57. The molecule has 0 bridgehead atoms. The van der Waals surface area contributed by atoms with Crippen molar-refractivity contribution in [1.29, 1.82) is 0 Å². The molecule has 15 heavy (non-hydrogen) atoms. The predicted octanol–water partition coefficient (Wildman–Crippen LogP) is 4.11. The van der Waals surface area contributed by atoms with Gasteiger partial charge in [0.05, 0.1) is 0 Å². The summed E-state index contributed by atoms with van der Waals surface area (Å²) in [4.78, 5) is 11.4. The molecule has 0 aliphatic heterocycles. The normalized spacial score (nSPS) is 12.5. The molecule has 0 saturated carbocycles. The van der Waals surface area contributed by atoms with Gasteiger partial charge in [-0.05, 0) is 29.4 Å². The summed E-state index contributed by atoms with van der Waals surface area (Å²) in [6.07, 6.45) is 0.597. The van der Waals surface area contributed by atoms with Crippen molar-refractivity contribution in [2.24, 2.45) is 0 Å². The minimum atomic E-state index is 0.264. The predicted molar refractivity (Wildman–Crippen MR) is 67.6 cm³/mol. The van der Waals surface area contributed by atoms with Crippen LogP contribution in [0.15, 0.2) is 24.3 Å². The fourth-order valence-corrected chi connectivity index (χ4v) is 2.19. The first-order valence-electron chi connectivity index (χ1n) is 5.04. The van der Waals surface area contributed by atoms with E-state index >= 15 is 0 Å². The van der Waals surface area contributed by atoms with E-state index in [1.165, 1.54) is 17.3 Å². The zero-order chi connectivity index (χ0) is 11.3. The molecule has 82 valence electrons. The summed E-state index contributed by atoms with van der Waals surface area (Å²) in [5.74, 6) is 1.13. The first kappa shape index (κ1) is 12.6. The highest BCUT2D eigenvalue weighted by atomic mass is 35.5. The molecule has 0 fully saturated rings. The summed E-state index contributed by atoms with van der Waals surface area (Å²) in [5.41, 5.74) is 1.17. The van der Waals surface area contributed by atoms with E-state index < -0.39 is 0 Å². The summed E-state index contributed by atoms with van der Waals surface area (Å²) < 4.78 is 0. The average Bonchev–Trinajstić information content (AvgIpc) is 2.18. The van der Waals surface area contributed by atoms with Crippen LogP contribution in [0.4, 0.5) is 0 Å². The number of thioether (sulfide) groups is 1. The quantitative estimate of drug-likeness (QED) is 0.790. The Morgan fingerprint density at radius 2 is 2.00 bits per heavy atom. The standard InChI is InChI=1S/C12H15ClOS/c1-3-15-12(14)8-9(2)10-4-6-11(13)7-5-10/h4-7,9H,3,8H2,1-2H3. The first-order valence-corrected chi connectivity index (χ1v) is 6.41. The van der Waals surface area contributed by atoms with Gasteiger partial charge in [0.2, 0.25) is 0 Å².